The number of thioether (sulfide) groups is 1. The molecule has 2 atom stereocenters. The Bertz CT molecular complexity index is 1160. The lowest BCUT2D eigenvalue weighted by Crippen LogP contribution is -2.31. The molecule has 5 rings (SSSR count). The summed E-state index contributed by atoms with van der Waals surface area (Å²) in [5.41, 5.74) is 4.51. The van der Waals surface area contributed by atoms with E-state index in [-0.39, 0.29) is 11.4 Å². The quantitative estimate of drug-likeness (QED) is 0.322. The van der Waals surface area contributed by atoms with Gasteiger partial charge in [0.2, 0.25) is 0 Å². The number of rotatable bonds is 6. The maximum absolute atomic E-state index is 5.74. The van der Waals surface area contributed by atoms with Crippen molar-refractivity contribution in [3.8, 4) is 5.75 Å². The van der Waals surface area contributed by atoms with Crippen molar-refractivity contribution in [2.75, 3.05) is 12.0 Å². The first-order valence-electron chi connectivity index (χ1n) is 10.7. The summed E-state index contributed by atoms with van der Waals surface area (Å²) in [7, 11) is 1.73. The molecule has 0 saturated carbocycles. The number of methoxy groups -OCH3 is 1. The van der Waals surface area contributed by atoms with Gasteiger partial charge in [0.25, 0.3) is 0 Å². The SMILES string of the molecule is COc1ccccc1[C@H]1N=C(c2ccccc2)S[C@@H]1N(c1ccccc1)c1ccccc1. The Labute approximate surface area is 193 Å². The van der Waals surface area contributed by atoms with Gasteiger partial charge in [-0.3, -0.25) is 4.99 Å². The molecule has 0 N–H and O–H groups in total. The number of para-hydroxylation sites is 3. The van der Waals surface area contributed by atoms with Crippen LogP contribution in [0.2, 0.25) is 0 Å². The van der Waals surface area contributed by atoms with Gasteiger partial charge in [0, 0.05) is 22.5 Å². The minimum absolute atomic E-state index is 0.0336. The van der Waals surface area contributed by atoms with E-state index >= 15 is 0 Å². The summed E-state index contributed by atoms with van der Waals surface area (Å²) in [5.74, 6) is 0.863. The molecule has 4 aromatic rings. The molecule has 0 amide bonds. The average Bonchev–Trinajstić information content (AvgIpc) is 3.31. The Morgan fingerprint density at radius 2 is 1.22 bits per heavy atom. The van der Waals surface area contributed by atoms with Crippen molar-refractivity contribution in [2.24, 2.45) is 4.99 Å². The van der Waals surface area contributed by atoms with E-state index in [4.69, 9.17) is 9.73 Å². The van der Waals surface area contributed by atoms with Crippen LogP contribution < -0.4 is 9.64 Å². The second-order valence-electron chi connectivity index (χ2n) is 7.54. The molecule has 3 nitrogen and oxygen atoms in total. The molecule has 4 heteroatoms. The monoisotopic (exact) mass is 436 g/mol. The Morgan fingerprint density at radius 3 is 1.81 bits per heavy atom. The van der Waals surface area contributed by atoms with Gasteiger partial charge in [-0.25, -0.2) is 0 Å². The van der Waals surface area contributed by atoms with Crippen LogP contribution in [0, 0.1) is 0 Å². The van der Waals surface area contributed by atoms with Crippen molar-refractivity contribution in [3.05, 3.63) is 126 Å². The zero-order chi connectivity index (χ0) is 21.8. The fraction of sp³-hybridized carbons (Fsp3) is 0.107. The number of hydrogen-bond donors (Lipinski definition) is 0. The maximum atomic E-state index is 5.74. The summed E-state index contributed by atoms with van der Waals surface area (Å²) in [6.07, 6.45) is 0. The molecule has 1 aliphatic heterocycles. The van der Waals surface area contributed by atoms with Gasteiger partial charge in [-0.15, -0.1) is 0 Å². The third-order valence-corrected chi connectivity index (χ3v) is 6.83. The predicted octanol–water partition coefficient (Wildman–Crippen LogP) is 7.09. The van der Waals surface area contributed by atoms with Crippen molar-refractivity contribution in [1.82, 2.24) is 0 Å². The van der Waals surface area contributed by atoms with Crippen molar-refractivity contribution in [2.45, 2.75) is 11.4 Å². The van der Waals surface area contributed by atoms with Gasteiger partial charge in [0.05, 0.1) is 7.11 Å². The van der Waals surface area contributed by atoms with E-state index in [2.05, 4.69) is 102 Å². The molecule has 0 spiro atoms. The van der Waals surface area contributed by atoms with Crippen LogP contribution in [0.3, 0.4) is 0 Å². The van der Waals surface area contributed by atoms with E-state index in [1.165, 1.54) is 0 Å². The highest BCUT2D eigenvalue weighted by molar-refractivity contribution is 8.15. The second-order valence-corrected chi connectivity index (χ2v) is 8.64. The average molecular weight is 437 g/mol. The van der Waals surface area contributed by atoms with Crippen LogP contribution in [0.4, 0.5) is 11.4 Å². The Kier molecular flexibility index (Phi) is 5.95. The lowest BCUT2D eigenvalue weighted by molar-refractivity contribution is 0.405. The summed E-state index contributed by atoms with van der Waals surface area (Å²) in [6.45, 7) is 0. The lowest BCUT2D eigenvalue weighted by Gasteiger charge is -2.34. The van der Waals surface area contributed by atoms with Crippen LogP contribution >= 0.6 is 11.8 Å². The van der Waals surface area contributed by atoms with E-state index in [1.807, 2.05) is 18.2 Å². The number of hydrogen-bond acceptors (Lipinski definition) is 4. The van der Waals surface area contributed by atoms with E-state index in [0.717, 1.165) is 33.3 Å². The molecule has 0 fully saturated rings. The fourth-order valence-corrected chi connectivity index (χ4v) is 5.43. The van der Waals surface area contributed by atoms with E-state index in [1.54, 1.807) is 18.9 Å². The molecule has 32 heavy (non-hydrogen) atoms. The maximum Gasteiger partial charge on any atom is 0.124 e. The molecule has 0 radical (unpaired) electrons. The first-order valence-corrected chi connectivity index (χ1v) is 11.6. The molecular formula is C28H24N2OS. The van der Waals surface area contributed by atoms with E-state index < -0.39 is 0 Å². The van der Waals surface area contributed by atoms with Crippen LogP contribution in [-0.4, -0.2) is 17.5 Å². The van der Waals surface area contributed by atoms with Gasteiger partial charge in [0.15, 0.2) is 0 Å². The van der Waals surface area contributed by atoms with Crippen LogP contribution in [-0.2, 0) is 0 Å². The molecule has 1 aliphatic rings. The van der Waals surface area contributed by atoms with Crippen molar-refractivity contribution in [3.63, 3.8) is 0 Å². The number of nitrogens with zero attached hydrogens (tertiary/aromatic N) is 2. The smallest absolute Gasteiger partial charge is 0.124 e. The molecule has 0 bridgehead atoms. The summed E-state index contributed by atoms with van der Waals surface area (Å²) >= 11 is 1.80. The van der Waals surface area contributed by atoms with Gasteiger partial charge >= 0.3 is 0 Å². The van der Waals surface area contributed by atoms with Gasteiger partial charge in [-0.1, -0.05) is 96.7 Å². The predicted molar refractivity (Wildman–Crippen MR) is 135 cm³/mol. The summed E-state index contributed by atoms with van der Waals surface area (Å²) < 4.78 is 5.74. The van der Waals surface area contributed by atoms with E-state index in [0.29, 0.717) is 0 Å². The second kappa shape index (κ2) is 9.33. The molecule has 0 saturated heterocycles. The van der Waals surface area contributed by atoms with Crippen LogP contribution in [0.5, 0.6) is 5.75 Å². The van der Waals surface area contributed by atoms with Gasteiger partial charge in [-0.05, 0) is 30.3 Å². The largest absolute Gasteiger partial charge is 0.496 e. The zero-order valence-corrected chi connectivity index (χ0v) is 18.7. The topological polar surface area (TPSA) is 24.8 Å². The molecular weight excluding hydrogens is 412 g/mol. The zero-order valence-electron chi connectivity index (χ0n) is 17.8. The first kappa shape index (κ1) is 20.4. The van der Waals surface area contributed by atoms with Crippen molar-refractivity contribution in [1.29, 1.82) is 0 Å². The third-order valence-electron chi connectivity index (χ3n) is 5.56. The first-order chi connectivity index (χ1) is 15.8. The minimum Gasteiger partial charge on any atom is -0.496 e. The van der Waals surface area contributed by atoms with Gasteiger partial charge in [-0.2, -0.15) is 0 Å². The third kappa shape index (κ3) is 4.02. The van der Waals surface area contributed by atoms with E-state index in [9.17, 15) is 0 Å². The summed E-state index contributed by atoms with van der Waals surface area (Å²) in [6, 6.07) is 39.6. The molecule has 0 aromatic heterocycles. The van der Waals surface area contributed by atoms with Crippen LogP contribution in [0.15, 0.2) is 120 Å². The number of anilines is 2. The standard InChI is InChI=1S/C28H24N2OS/c1-31-25-20-12-11-19-24(25)26-28(32-27(29-26)21-13-5-2-6-14-21)30(22-15-7-3-8-16-22)23-17-9-4-10-18-23/h2-20,26,28H,1H3/t26-,28+/m1/s1. The number of ether oxygens (including phenoxy) is 1. The van der Waals surface area contributed by atoms with Crippen LogP contribution in [0.1, 0.15) is 17.2 Å². The van der Waals surface area contributed by atoms with Gasteiger partial charge in [0.1, 0.15) is 22.2 Å². The van der Waals surface area contributed by atoms with Crippen molar-refractivity contribution >= 4 is 28.2 Å². The summed E-state index contributed by atoms with van der Waals surface area (Å²) in [5, 5.41) is 1.08. The molecule has 1 heterocycles. The molecule has 4 aromatic carbocycles. The Hall–Kier alpha value is -3.50. The highest BCUT2D eigenvalue weighted by Gasteiger charge is 2.38. The summed E-state index contributed by atoms with van der Waals surface area (Å²) in [4.78, 5) is 7.64. The molecule has 0 aliphatic carbocycles. The number of benzene rings is 4. The normalized spacial score (nSPS) is 17.6. The minimum atomic E-state index is -0.0910. The Morgan fingerprint density at radius 1 is 0.688 bits per heavy atom. The highest BCUT2D eigenvalue weighted by atomic mass is 32.2. The van der Waals surface area contributed by atoms with Crippen molar-refractivity contribution < 1.29 is 4.74 Å². The number of aliphatic imine (C=N–C) groups is 1. The molecule has 158 valence electrons. The Balaban J connectivity index is 1.65. The van der Waals surface area contributed by atoms with Crippen LogP contribution in [0.25, 0.3) is 0 Å². The van der Waals surface area contributed by atoms with Gasteiger partial charge < -0.3 is 9.64 Å². The fourth-order valence-electron chi connectivity index (χ4n) is 4.07. The highest BCUT2D eigenvalue weighted by Crippen LogP contribution is 2.47. The lowest BCUT2D eigenvalue weighted by atomic mass is 10.0. The molecule has 0 unspecified atom stereocenters.